The molecule has 1 aliphatic carbocycles. The lowest BCUT2D eigenvalue weighted by molar-refractivity contribution is -0.136. The van der Waals surface area contributed by atoms with Crippen LogP contribution in [-0.4, -0.2) is 18.6 Å². The average Bonchev–Trinajstić information content (AvgIpc) is 2.34. The zero-order chi connectivity index (χ0) is 13.9. The Kier molecular flexibility index (Phi) is 4.12. The van der Waals surface area contributed by atoms with E-state index in [1.807, 2.05) is 0 Å². The minimum atomic E-state index is -4.14. The van der Waals surface area contributed by atoms with Gasteiger partial charge >= 0.3 is 6.18 Å². The van der Waals surface area contributed by atoms with Crippen LogP contribution in [0, 0.1) is 0 Å². The first-order valence-corrected chi connectivity index (χ1v) is 6.32. The van der Waals surface area contributed by atoms with Gasteiger partial charge in [0.25, 0.3) is 0 Å². The first kappa shape index (κ1) is 13.9. The van der Waals surface area contributed by atoms with E-state index in [1.165, 1.54) is 0 Å². The normalized spacial score (nSPS) is 15.2. The minimum absolute atomic E-state index is 0.0180. The van der Waals surface area contributed by atoms with Gasteiger partial charge in [0, 0.05) is 24.0 Å². The fraction of sp³-hybridized carbons (Fsp3) is 0.500. The molecule has 0 bridgehead atoms. The summed E-state index contributed by atoms with van der Waals surface area (Å²) in [5, 5.41) is 0. The molecule has 2 nitrogen and oxygen atoms in total. The summed E-state index contributed by atoms with van der Waals surface area (Å²) >= 11 is 0. The van der Waals surface area contributed by atoms with Gasteiger partial charge < -0.3 is 4.74 Å². The maximum Gasteiger partial charge on any atom is 0.389 e. The summed E-state index contributed by atoms with van der Waals surface area (Å²) in [5.41, 5.74) is 1.49. The number of ketones is 1. The Morgan fingerprint density at radius 2 is 2.00 bits per heavy atom. The van der Waals surface area contributed by atoms with E-state index in [2.05, 4.69) is 0 Å². The molecule has 0 spiro atoms. The van der Waals surface area contributed by atoms with Crippen molar-refractivity contribution in [1.82, 2.24) is 0 Å². The lowest BCUT2D eigenvalue weighted by Crippen LogP contribution is -2.14. The van der Waals surface area contributed by atoms with Crippen LogP contribution in [0.1, 0.15) is 41.6 Å². The molecule has 1 aliphatic rings. The Bertz CT molecular complexity index is 466. The van der Waals surface area contributed by atoms with Crippen LogP contribution in [0.5, 0.6) is 5.75 Å². The summed E-state index contributed by atoms with van der Waals surface area (Å²) in [7, 11) is 0. The van der Waals surface area contributed by atoms with Gasteiger partial charge in [-0.05, 0) is 25.3 Å². The second kappa shape index (κ2) is 5.63. The van der Waals surface area contributed by atoms with Gasteiger partial charge in [-0.3, -0.25) is 4.79 Å². The van der Waals surface area contributed by atoms with Crippen molar-refractivity contribution < 1.29 is 22.7 Å². The van der Waals surface area contributed by atoms with Crippen molar-refractivity contribution in [1.29, 1.82) is 0 Å². The summed E-state index contributed by atoms with van der Waals surface area (Å²) in [6, 6.07) is 5.17. The fourth-order valence-corrected chi connectivity index (χ4v) is 2.24. The number of benzene rings is 1. The molecule has 0 radical (unpaired) electrons. The van der Waals surface area contributed by atoms with E-state index in [4.69, 9.17) is 4.74 Å². The van der Waals surface area contributed by atoms with E-state index in [0.29, 0.717) is 17.7 Å². The zero-order valence-electron chi connectivity index (χ0n) is 10.4. The number of halogens is 3. The first-order valence-electron chi connectivity index (χ1n) is 6.32. The van der Waals surface area contributed by atoms with Crippen molar-refractivity contribution in [2.75, 3.05) is 6.61 Å². The Morgan fingerprint density at radius 1 is 1.21 bits per heavy atom. The molecule has 0 fully saturated rings. The minimum Gasteiger partial charge on any atom is -0.493 e. The highest BCUT2D eigenvalue weighted by atomic mass is 19.4. The van der Waals surface area contributed by atoms with Crippen molar-refractivity contribution in [2.45, 2.75) is 38.3 Å². The summed E-state index contributed by atoms with van der Waals surface area (Å²) in [5.74, 6) is 0.634. The number of fused-ring (bicyclic) bond motifs is 1. The van der Waals surface area contributed by atoms with E-state index >= 15 is 0 Å². The molecule has 0 aromatic heterocycles. The first-order chi connectivity index (χ1) is 8.97. The number of hydrogen-bond acceptors (Lipinski definition) is 2. The third-order valence-corrected chi connectivity index (χ3v) is 3.13. The Morgan fingerprint density at radius 3 is 2.74 bits per heavy atom. The molecule has 0 unspecified atom stereocenters. The number of alkyl halides is 3. The van der Waals surface area contributed by atoms with Crippen LogP contribution in [0.25, 0.3) is 0 Å². The highest BCUT2D eigenvalue weighted by Crippen LogP contribution is 2.30. The predicted molar refractivity (Wildman–Crippen MR) is 64.5 cm³/mol. The number of rotatable bonds is 4. The number of hydrogen-bond donors (Lipinski definition) is 0. The molecule has 5 heteroatoms. The van der Waals surface area contributed by atoms with Gasteiger partial charge in [-0.15, -0.1) is 0 Å². The molecule has 1 aromatic rings. The van der Waals surface area contributed by atoms with E-state index in [0.717, 1.165) is 18.4 Å². The maximum atomic E-state index is 12.0. The highest BCUT2D eigenvalue weighted by Gasteiger charge is 2.26. The zero-order valence-corrected chi connectivity index (χ0v) is 10.4. The Balaban J connectivity index is 1.98. The lowest BCUT2D eigenvalue weighted by atomic mass is 9.90. The highest BCUT2D eigenvalue weighted by molar-refractivity contribution is 5.99. The van der Waals surface area contributed by atoms with Gasteiger partial charge in [-0.2, -0.15) is 13.2 Å². The molecule has 1 aromatic carbocycles. The van der Waals surface area contributed by atoms with Crippen LogP contribution in [0.4, 0.5) is 13.2 Å². The molecule has 0 N–H and O–H groups in total. The SMILES string of the molecule is O=C1CCCc2c(OCCCC(F)(F)F)cccc21. The molecule has 0 atom stereocenters. The monoisotopic (exact) mass is 272 g/mol. The van der Waals surface area contributed by atoms with Gasteiger partial charge in [0.05, 0.1) is 6.61 Å². The largest absolute Gasteiger partial charge is 0.493 e. The van der Waals surface area contributed by atoms with Crippen LogP contribution in [0.15, 0.2) is 18.2 Å². The Labute approximate surface area is 109 Å². The molecular formula is C14H15F3O2. The molecular weight excluding hydrogens is 257 g/mol. The molecule has 0 saturated carbocycles. The van der Waals surface area contributed by atoms with E-state index < -0.39 is 12.6 Å². The van der Waals surface area contributed by atoms with Crippen LogP contribution in [0.2, 0.25) is 0 Å². The second-order valence-electron chi connectivity index (χ2n) is 4.63. The molecule has 104 valence electrons. The smallest absolute Gasteiger partial charge is 0.389 e. The number of carbonyl (C=O) groups excluding carboxylic acids is 1. The molecule has 19 heavy (non-hydrogen) atoms. The molecule has 0 aliphatic heterocycles. The van der Waals surface area contributed by atoms with Crippen molar-refractivity contribution in [3.05, 3.63) is 29.3 Å². The summed E-state index contributed by atoms with van der Waals surface area (Å²) in [6.45, 7) is 0.0180. The van der Waals surface area contributed by atoms with Gasteiger partial charge in [-0.1, -0.05) is 12.1 Å². The van der Waals surface area contributed by atoms with E-state index in [1.54, 1.807) is 18.2 Å². The predicted octanol–water partition coefficient (Wildman–Crippen LogP) is 3.93. The third-order valence-electron chi connectivity index (χ3n) is 3.13. The van der Waals surface area contributed by atoms with Crippen molar-refractivity contribution in [3.63, 3.8) is 0 Å². The third kappa shape index (κ3) is 3.72. The van der Waals surface area contributed by atoms with Crippen LogP contribution < -0.4 is 4.74 Å². The van der Waals surface area contributed by atoms with E-state index in [9.17, 15) is 18.0 Å². The van der Waals surface area contributed by atoms with Crippen molar-refractivity contribution >= 4 is 5.78 Å². The van der Waals surface area contributed by atoms with Crippen molar-refractivity contribution in [3.8, 4) is 5.75 Å². The number of carbonyl (C=O) groups is 1. The van der Waals surface area contributed by atoms with Gasteiger partial charge in [-0.25, -0.2) is 0 Å². The maximum absolute atomic E-state index is 12.0. The number of Topliss-reactive ketones (excluding diaryl/α,β-unsaturated/α-hetero) is 1. The lowest BCUT2D eigenvalue weighted by Gasteiger charge is -2.18. The average molecular weight is 272 g/mol. The van der Waals surface area contributed by atoms with Gasteiger partial charge in [0.15, 0.2) is 5.78 Å². The summed E-state index contributed by atoms with van der Waals surface area (Å²) in [6.07, 6.45) is -3.01. The molecule has 0 saturated heterocycles. The van der Waals surface area contributed by atoms with Crippen LogP contribution >= 0.6 is 0 Å². The molecule has 2 rings (SSSR count). The van der Waals surface area contributed by atoms with Crippen molar-refractivity contribution in [2.24, 2.45) is 0 Å². The number of ether oxygens (including phenoxy) is 1. The topological polar surface area (TPSA) is 26.3 Å². The standard InChI is InChI=1S/C14H15F3O2/c15-14(16,17)8-3-9-19-13-7-2-4-10-11(13)5-1-6-12(10)18/h2,4,7H,1,3,5-6,8-9H2. The van der Waals surface area contributed by atoms with Gasteiger partial charge in [0.1, 0.15) is 5.75 Å². The molecule has 0 heterocycles. The molecule has 0 amide bonds. The van der Waals surface area contributed by atoms with Crippen LogP contribution in [0.3, 0.4) is 0 Å². The fourth-order valence-electron chi connectivity index (χ4n) is 2.24. The quantitative estimate of drug-likeness (QED) is 0.776. The van der Waals surface area contributed by atoms with Gasteiger partial charge in [0.2, 0.25) is 0 Å². The Hall–Kier alpha value is -1.52. The van der Waals surface area contributed by atoms with Crippen LogP contribution in [-0.2, 0) is 6.42 Å². The summed E-state index contributed by atoms with van der Waals surface area (Å²) < 4.78 is 41.4. The summed E-state index contributed by atoms with van der Waals surface area (Å²) in [4.78, 5) is 11.7. The van der Waals surface area contributed by atoms with E-state index in [-0.39, 0.29) is 18.8 Å². The second-order valence-corrected chi connectivity index (χ2v) is 4.63.